The largest absolute Gasteiger partial charge is 0.393 e. The van der Waals surface area contributed by atoms with E-state index >= 15 is 0 Å². The number of aliphatic hydroxyl groups excluding tert-OH is 1. The van der Waals surface area contributed by atoms with E-state index in [0.717, 1.165) is 25.2 Å². The first-order valence-corrected chi connectivity index (χ1v) is 5.75. The number of nitrogens with zero attached hydrogens (tertiary/aromatic N) is 2. The summed E-state index contributed by atoms with van der Waals surface area (Å²) in [6, 6.07) is 6.57. The molecule has 0 spiro atoms. The number of hydrogen-bond donors (Lipinski definition) is 1. The Morgan fingerprint density at radius 3 is 2.59 bits per heavy atom. The van der Waals surface area contributed by atoms with Crippen molar-refractivity contribution in [2.24, 2.45) is 5.92 Å². The summed E-state index contributed by atoms with van der Waals surface area (Å²) >= 11 is 0. The van der Waals surface area contributed by atoms with Crippen LogP contribution in [0.4, 0.5) is 11.4 Å². The Morgan fingerprint density at radius 2 is 2.06 bits per heavy atom. The second kappa shape index (κ2) is 4.71. The monoisotopic (exact) mass is 236 g/mol. The molecule has 17 heavy (non-hydrogen) atoms. The maximum absolute atomic E-state index is 10.5. The van der Waals surface area contributed by atoms with Crippen LogP contribution < -0.4 is 4.90 Å². The average Bonchev–Trinajstić information content (AvgIpc) is 2.33. The highest BCUT2D eigenvalue weighted by Gasteiger charge is 2.24. The molecule has 92 valence electrons. The minimum atomic E-state index is -0.396. The van der Waals surface area contributed by atoms with E-state index in [4.69, 9.17) is 0 Å². The van der Waals surface area contributed by atoms with E-state index < -0.39 is 4.92 Å². The van der Waals surface area contributed by atoms with Crippen molar-refractivity contribution in [2.45, 2.75) is 19.4 Å². The summed E-state index contributed by atoms with van der Waals surface area (Å²) < 4.78 is 0. The van der Waals surface area contributed by atoms with E-state index in [1.54, 1.807) is 12.1 Å². The fourth-order valence-corrected chi connectivity index (χ4v) is 2.15. The van der Waals surface area contributed by atoms with Crippen LogP contribution in [0.2, 0.25) is 0 Å². The van der Waals surface area contributed by atoms with Crippen LogP contribution in [0.3, 0.4) is 0 Å². The molecule has 1 aromatic carbocycles. The van der Waals surface area contributed by atoms with Gasteiger partial charge in [-0.3, -0.25) is 10.1 Å². The summed E-state index contributed by atoms with van der Waals surface area (Å²) in [4.78, 5) is 12.3. The second-order valence-electron chi connectivity index (χ2n) is 4.55. The van der Waals surface area contributed by atoms with Crippen molar-refractivity contribution in [1.82, 2.24) is 0 Å². The van der Waals surface area contributed by atoms with Crippen molar-refractivity contribution in [3.8, 4) is 0 Å². The molecule has 2 atom stereocenters. The fraction of sp³-hybridized carbons (Fsp3) is 0.500. The highest BCUT2D eigenvalue weighted by Crippen LogP contribution is 2.25. The van der Waals surface area contributed by atoms with E-state index in [1.807, 2.05) is 6.92 Å². The van der Waals surface area contributed by atoms with E-state index in [9.17, 15) is 15.2 Å². The Bertz CT molecular complexity index is 405. The Kier molecular flexibility index (Phi) is 3.28. The molecule has 0 bridgehead atoms. The molecule has 1 saturated heterocycles. The normalized spacial score (nSPS) is 24.7. The van der Waals surface area contributed by atoms with Crippen molar-refractivity contribution < 1.29 is 10.0 Å². The van der Waals surface area contributed by atoms with E-state index in [0.29, 0.717) is 0 Å². The summed E-state index contributed by atoms with van der Waals surface area (Å²) in [6.07, 6.45) is 0.516. The molecule has 1 aliphatic rings. The Balaban J connectivity index is 2.10. The molecule has 2 unspecified atom stereocenters. The van der Waals surface area contributed by atoms with Gasteiger partial charge in [0.05, 0.1) is 11.0 Å². The number of nitro groups is 1. The first-order valence-electron chi connectivity index (χ1n) is 5.75. The summed E-state index contributed by atoms with van der Waals surface area (Å²) in [5, 5.41) is 20.2. The molecular weight excluding hydrogens is 220 g/mol. The van der Waals surface area contributed by atoms with Crippen LogP contribution in [0, 0.1) is 16.0 Å². The smallest absolute Gasteiger partial charge is 0.269 e. The number of rotatable bonds is 2. The van der Waals surface area contributed by atoms with Crippen LogP contribution in [0.25, 0.3) is 0 Å². The number of aliphatic hydroxyl groups is 1. The molecular formula is C12H16N2O3. The zero-order chi connectivity index (χ0) is 12.4. The lowest BCUT2D eigenvalue weighted by atomic mass is 9.96. The van der Waals surface area contributed by atoms with E-state index in [-0.39, 0.29) is 17.7 Å². The third-order valence-corrected chi connectivity index (χ3v) is 3.29. The minimum Gasteiger partial charge on any atom is -0.393 e. The van der Waals surface area contributed by atoms with Crippen molar-refractivity contribution in [1.29, 1.82) is 0 Å². The van der Waals surface area contributed by atoms with Crippen molar-refractivity contribution >= 4 is 11.4 Å². The zero-order valence-electron chi connectivity index (χ0n) is 9.74. The number of nitro benzene ring substituents is 1. The number of piperidine rings is 1. The summed E-state index contributed by atoms with van der Waals surface area (Å²) in [5.74, 6) is 0.235. The molecule has 1 N–H and O–H groups in total. The van der Waals surface area contributed by atoms with Gasteiger partial charge in [-0.15, -0.1) is 0 Å². The van der Waals surface area contributed by atoms with Gasteiger partial charge >= 0.3 is 0 Å². The number of benzene rings is 1. The third-order valence-electron chi connectivity index (χ3n) is 3.29. The van der Waals surface area contributed by atoms with Gasteiger partial charge < -0.3 is 10.0 Å². The SMILES string of the molecule is CC1CN(c2ccc([N+](=O)[O-])cc2)CCC1O. The van der Waals surface area contributed by atoms with Gasteiger partial charge in [-0.1, -0.05) is 6.92 Å². The van der Waals surface area contributed by atoms with E-state index in [2.05, 4.69) is 4.90 Å². The topological polar surface area (TPSA) is 66.6 Å². The van der Waals surface area contributed by atoms with E-state index in [1.165, 1.54) is 12.1 Å². The minimum absolute atomic E-state index is 0.110. The van der Waals surface area contributed by atoms with Gasteiger partial charge in [0.1, 0.15) is 0 Å². The highest BCUT2D eigenvalue weighted by molar-refractivity contribution is 5.51. The molecule has 2 rings (SSSR count). The van der Waals surface area contributed by atoms with Gasteiger partial charge in [0.2, 0.25) is 0 Å². The van der Waals surface area contributed by atoms with Crippen LogP contribution in [0.1, 0.15) is 13.3 Å². The maximum atomic E-state index is 10.5. The molecule has 1 aliphatic heterocycles. The number of anilines is 1. The molecule has 5 nitrogen and oxygen atoms in total. The van der Waals surface area contributed by atoms with Gasteiger partial charge in [0.25, 0.3) is 5.69 Å². The second-order valence-corrected chi connectivity index (χ2v) is 4.55. The van der Waals surface area contributed by atoms with Crippen LogP contribution in [0.15, 0.2) is 24.3 Å². The molecule has 1 fully saturated rings. The van der Waals surface area contributed by atoms with Gasteiger partial charge in [0, 0.05) is 30.9 Å². The predicted molar refractivity (Wildman–Crippen MR) is 65.1 cm³/mol. The summed E-state index contributed by atoms with van der Waals surface area (Å²) in [5.41, 5.74) is 1.09. The highest BCUT2D eigenvalue weighted by atomic mass is 16.6. The Labute approximate surface area is 99.8 Å². The van der Waals surface area contributed by atoms with Gasteiger partial charge in [0.15, 0.2) is 0 Å². The Hall–Kier alpha value is -1.62. The predicted octanol–water partition coefficient (Wildman–Crippen LogP) is 1.80. The van der Waals surface area contributed by atoms with Crippen molar-refractivity contribution in [3.63, 3.8) is 0 Å². The molecule has 0 aliphatic carbocycles. The molecule has 0 radical (unpaired) electrons. The maximum Gasteiger partial charge on any atom is 0.269 e. The van der Waals surface area contributed by atoms with Crippen molar-refractivity contribution in [3.05, 3.63) is 34.4 Å². The fourth-order valence-electron chi connectivity index (χ4n) is 2.15. The molecule has 0 aromatic heterocycles. The number of hydrogen-bond acceptors (Lipinski definition) is 4. The van der Waals surface area contributed by atoms with Crippen LogP contribution in [-0.4, -0.2) is 29.2 Å². The first kappa shape index (κ1) is 11.9. The third kappa shape index (κ3) is 2.55. The van der Waals surface area contributed by atoms with Crippen molar-refractivity contribution in [2.75, 3.05) is 18.0 Å². The lowest BCUT2D eigenvalue weighted by Crippen LogP contribution is -2.41. The van der Waals surface area contributed by atoms with Gasteiger partial charge in [-0.25, -0.2) is 0 Å². The summed E-state index contributed by atoms with van der Waals surface area (Å²) in [7, 11) is 0. The van der Waals surface area contributed by atoms with Crippen LogP contribution >= 0.6 is 0 Å². The van der Waals surface area contributed by atoms with Crippen LogP contribution in [-0.2, 0) is 0 Å². The Morgan fingerprint density at radius 1 is 1.41 bits per heavy atom. The van der Waals surface area contributed by atoms with Gasteiger partial charge in [-0.2, -0.15) is 0 Å². The lowest BCUT2D eigenvalue weighted by Gasteiger charge is -2.35. The lowest BCUT2D eigenvalue weighted by molar-refractivity contribution is -0.384. The standard InChI is InChI=1S/C12H16N2O3/c1-9-8-13(7-6-12(9)15)10-2-4-11(5-3-10)14(16)17/h2-5,9,12,15H,6-8H2,1H3. The molecule has 0 saturated carbocycles. The average molecular weight is 236 g/mol. The first-order chi connectivity index (χ1) is 8.08. The number of non-ortho nitro benzene ring substituents is 1. The van der Waals surface area contributed by atoms with Gasteiger partial charge in [-0.05, 0) is 24.5 Å². The molecule has 5 heteroatoms. The molecule has 1 heterocycles. The van der Waals surface area contributed by atoms with Crippen LogP contribution in [0.5, 0.6) is 0 Å². The zero-order valence-corrected chi connectivity index (χ0v) is 9.74. The molecule has 1 aromatic rings. The quantitative estimate of drug-likeness (QED) is 0.628. The summed E-state index contributed by atoms with van der Waals surface area (Å²) in [6.45, 7) is 3.60. The molecule has 0 amide bonds.